The SMILES string of the molecule is C=C1CCN(C(=O)OC(C)(C)C)CC1.CC(=O)C1=C(C)OC2(CCN(C(=O)OC(C)(C)C)CC2)C1.CC(=O)CC(C)=O.CC1=NCC(C)=C1CC1(O)CCN(C(=O)OC(C)(C)C)CC1.CC1=NCC(C)=C1CC1(O)CCNCC1.Cl.Cl.NN. The van der Waals surface area contributed by atoms with Crippen molar-refractivity contribution in [1.29, 1.82) is 0 Å². The zero-order valence-corrected chi connectivity index (χ0v) is 55.1. The normalized spacial score (nSPS) is 19.7. The number of Topliss-reactive ketones (excluding diaryl/α,β-unsaturated/α-hetero) is 3. The van der Waals surface area contributed by atoms with Gasteiger partial charge in [-0.05, 0) is 192 Å². The molecular weight excluding hydrogens is 1110 g/mol. The summed E-state index contributed by atoms with van der Waals surface area (Å²) in [6.45, 7) is 42.4. The van der Waals surface area contributed by atoms with Gasteiger partial charge in [-0.15, -0.1) is 24.8 Å². The van der Waals surface area contributed by atoms with E-state index in [1.54, 1.807) is 21.6 Å². The number of nitrogens with zero attached hydrogens (tertiary/aromatic N) is 5. The second-order valence-corrected chi connectivity index (χ2v) is 25.7. The van der Waals surface area contributed by atoms with E-state index in [4.69, 9.17) is 18.9 Å². The number of hydrogen-bond acceptors (Lipinski definition) is 17. The number of rotatable bonds is 7. The van der Waals surface area contributed by atoms with Crippen LogP contribution in [0.2, 0.25) is 0 Å². The molecule has 0 aromatic heterocycles. The van der Waals surface area contributed by atoms with Gasteiger partial charge in [-0.1, -0.05) is 12.2 Å². The summed E-state index contributed by atoms with van der Waals surface area (Å²) in [7, 11) is 0. The van der Waals surface area contributed by atoms with Crippen LogP contribution >= 0.6 is 24.8 Å². The van der Waals surface area contributed by atoms with Gasteiger partial charge in [0.2, 0.25) is 0 Å². The predicted molar refractivity (Wildman–Crippen MR) is 334 cm³/mol. The van der Waals surface area contributed by atoms with Crippen molar-refractivity contribution in [3.63, 3.8) is 0 Å². The van der Waals surface area contributed by atoms with Crippen LogP contribution in [-0.2, 0) is 33.3 Å². The predicted octanol–water partition coefficient (Wildman–Crippen LogP) is 10.0. The summed E-state index contributed by atoms with van der Waals surface area (Å²) >= 11 is 0. The van der Waals surface area contributed by atoms with Gasteiger partial charge >= 0.3 is 18.3 Å². The fraction of sp³-hybridized carbons (Fsp3) is 0.738. The third-order valence-electron chi connectivity index (χ3n) is 14.6. The van der Waals surface area contributed by atoms with Crippen LogP contribution in [0, 0.1) is 0 Å². The van der Waals surface area contributed by atoms with Crippen molar-refractivity contribution >= 4 is 71.9 Å². The molecule has 4 fully saturated rings. The molecule has 22 heteroatoms. The molecule has 0 aromatic carbocycles. The number of hydrogen-bond donors (Lipinski definition) is 5. The number of nitrogens with one attached hydrogen (secondary N) is 1. The van der Waals surface area contributed by atoms with Crippen molar-refractivity contribution in [2.75, 3.05) is 65.4 Å². The molecule has 7 aliphatic rings. The Kier molecular flexibility index (Phi) is 32.5. The number of carbonyl (C=O) groups is 6. The molecule has 20 nitrogen and oxygen atoms in total. The van der Waals surface area contributed by atoms with Gasteiger partial charge < -0.3 is 49.2 Å². The van der Waals surface area contributed by atoms with Crippen LogP contribution in [0.4, 0.5) is 14.4 Å². The minimum Gasteiger partial charge on any atom is -0.491 e. The van der Waals surface area contributed by atoms with Gasteiger partial charge in [-0.2, -0.15) is 0 Å². The monoisotopic (exact) mass is 1210 g/mol. The van der Waals surface area contributed by atoms with Crippen molar-refractivity contribution < 1.29 is 57.9 Å². The number of ether oxygens (including phenoxy) is 4. The second-order valence-electron chi connectivity index (χ2n) is 25.7. The molecule has 7 aliphatic heterocycles. The van der Waals surface area contributed by atoms with Gasteiger partial charge in [0, 0.05) is 88.4 Å². The summed E-state index contributed by atoms with van der Waals surface area (Å²) in [5.74, 6) is 8.70. The number of ketones is 3. The molecule has 0 saturated carbocycles. The highest BCUT2D eigenvalue weighted by molar-refractivity contribution is 6.01. The minimum absolute atomic E-state index is 0. The van der Waals surface area contributed by atoms with Crippen molar-refractivity contribution in [3.8, 4) is 0 Å². The highest BCUT2D eigenvalue weighted by atomic mass is 35.5. The quantitative estimate of drug-likeness (QED) is 0.0521. The lowest BCUT2D eigenvalue weighted by Gasteiger charge is -2.39. The fourth-order valence-electron chi connectivity index (χ4n) is 9.99. The average Bonchev–Trinajstić information content (AvgIpc) is 3.96. The standard InChI is InChI=1S/C17H28N2O3.C16H25NO4.C12H20N2O.C11H19NO2.C5H8O2.2ClH.H4N2/c1-12-11-18-13(2)14(12)10-17(21)6-8-19(9-7-17)15(20)22-16(3,4)5;1-11(18)13-10-16(20-12(13)2)6-8-17(9-7-16)14(19)21-15(3,4)5;1-9-8-14-10(2)11(9)7-12(15)3-5-13-6-4-12;1-9-5-7-12(8-6-9)10(13)14-11(2,3)4;1-4(6)3-5(2)7;;;1-2/h21H,6-11H2,1-5H3;6-10H2,1-5H3;13,15H,3-8H2,1-2H3;1,5-8H2,2-4H3;3H2,1-2H3;2*1H;1-2H2. The molecule has 0 aliphatic carbocycles. The molecule has 4 saturated heterocycles. The number of allylic oxidation sites excluding steroid dienone is 1. The van der Waals surface area contributed by atoms with Crippen molar-refractivity contribution in [1.82, 2.24) is 20.0 Å². The van der Waals surface area contributed by atoms with E-state index in [0.29, 0.717) is 51.9 Å². The first kappa shape index (κ1) is 78.3. The van der Waals surface area contributed by atoms with E-state index < -0.39 is 28.0 Å². The summed E-state index contributed by atoms with van der Waals surface area (Å²) in [5.41, 5.74) is 6.35. The molecule has 3 amide bonds. The summed E-state index contributed by atoms with van der Waals surface area (Å²) in [4.78, 5) is 81.4. The molecule has 476 valence electrons. The Morgan fingerprint density at radius 2 is 0.928 bits per heavy atom. The molecule has 0 aromatic rings. The number of aliphatic hydroxyl groups is 2. The number of aliphatic imine (C=N–C) groups is 2. The lowest BCUT2D eigenvalue weighted by Crippen LogP contribution is -2.48. The lowest BCUT2D eigenvalue weighted by atomic mass is 9.83. The van der Waals surface area contributed by atoms with Crippen LogP contribution < -0.4 is 17.0 Å². The van der Waals surface area contributed by atoms with Crippen LogP contribution in [0.3, 0.4) is 0 Å². The fourth-order valence-corrected chi connectivity index (χ4v) is 9.99. The third-order valence-corrected chi connectivity index (χ3v) is 14.6. The van der Waals surface area contributed by atoms with E-state index in [-0.39, 0.29) is 72.5 Å². The molecule has 7 rings (SSSR count). The van der Waals surface area contributed by atoms with Crippen LogP contribution in [0.15, 0.2) is 55.8 Å². The lowest BCUT2D eigenvalue weighted by molar-refractivity contribution is -0.124. The number of carbonyl (C=O) groups excluding carboxylic acids is 6. The van der Waals surface area contributed by atoms with Gasteiger partial charge in [0.05, 0.1) is 30.7 Å². The minimum atomic E-state index is -0.740. The molecular formula is C61H106Cl2N8O12. The van der Waals surface area contributed by atoms with Gasteiger partial charge in [0.1, 0.15) is 39.7 Å². The largest absolute Gasteiger partial charge is 0.491 e. The van der Waals surface area contributed by atoms with Crippen LogP contribution in [0.1, 0.15) is 195 Å². The number of piperidine rings is 4. The molecule has 0 unspecified atom stereocenters. The summed E-state index contributed by atoms with van der Waals surface area (Å²) in [5, 5.41) is 24.6. The van der Waals surface area contributed by atoms with E-state index >= 15 is 0 Å². The first-order valence-corrected chi connectivity index (χ1v) is 28.7. The number of nitrogens with two attached hydrogens (primary N) is 2. The van der Waals surface area contributed by atoms with Gasteiger partial charge in [0.15, 0.2) is 5.78 Å². The smallest absolute Gasteiger partial charge is 0.410 e. The van der Waals surface area contributed by atoms with E-state index in [0.717, 1.165) is 107 Å². The number of likely N-dealkylation sites (tertiary alicyclic amines) is 3. The zero-order valence-electron chi connectivity index (χ0n) is 53.4. The molecule has 83 heavy (non-hydrogen) atoms. The van der Waals surface area contributed by atoms with E-state index in [1.165, 1.54) is 41.7 Å². The van der Waals surface area contributed by atoms with Crippen molar-refractivity contribution in [3.05, 3.63) is 45.8 Å². The highest BCUT2D eigenvalue weighted by Gasteiger charge is 2.45. The van der Waals surface area contributed by atoms with Crippen LogP contribution in [-0.4, -0.2) is 171 Å². The number of halogens is 2. The number of hydrazine groups is 1. The molecule has 0 atom stereocenters. The van der Waals surface area contributed by atoms with Crippen molar-refractivity contribution in [2.24, 2.45) is 21.7 Å². The molecule has 1 spiro atoms. The van der Waals surface area contributed by atoms with Gasteiger partial charge in [-0.3, -0.25) is 36.1 Å². The Labute approximate surface area is 508 Å². The highest BCUT2D eigenvalue weighted by Crippen LogP contribution is 2.42. The van der Waals surface area contributed by atoms with E-state index in [9.17, 15) is 39.0 Å². The summed E-state index contributed by atoms with van der Waals surface area (Å²) in [6.07, 6.45) is 7.56. The maximum atomic E-state index is 12.1. The maximum Gasteiger partial charge on any atom is 0.410 e. The molecule has 0 radical (unpaired) electrons. The van der Waals surface area contributed by atoms with Crippen molar-refractivity contribution in [2.45, 2.75) is 228 Å². The molecule has 0 bridgehead atoms. The topological polar surface area (TPSA) is 278 Å². The Morgan fingerprint density at radius 3 is 1.22 bits per heavy atom. The second kappa shape index (κ2) is 34.4. The Bertz CT molecular complexity index is 2350. The van der Waals surface area contributed by atoms with E-state index in [2.05, 4.69) is 54.3 Å². The van der Waals surface area contributed by atoms with E-state index in [1.807, 2.05) is 76.2 Å². The zero-order chi connectivity index (χ0) is 61.9. The Balaban J connectivity index is 0.00000103. The van der Waals surface area contributed by atoms with Gasteiger partial charge in [0.25, 0.3) is 0 Å². The Morgan fingerprint density at radius 1 is 0.590 bits per heavy atom. The Hall–Kier alpha value is -4.70. The summed E-state index contributed by atoms with van der Waals surface area (Å²) in [6, 6.07) is 0. The average molecular weight is 1210 g/mol. The molecule has 7 N–H and O–H groups in total. The van der Waals surface area contributed by atoms with Crippen LogP contribution in [0.5, 0.6) is 0 Å². The third kappa shape index (κ3) is 28.4. The van der Waals surface area contributed by atoms with Gasteiger partial charge in [-0.25, -0.2) is 14.4 Å². The first-order chi connectivity index (χ1) is 37.3. The first-order valence-electron chi connectivity index (χ1n) is 28.7. The molecule has 7 heterocycles. The summed E-state index contributed by atoms with van der Waals surface area (Å²) < 4.78 is 22.0. The van der Waals surface area contributed by atoms with Crippen LogP contribution in [0.25, 0.3) is 0 Å². The number of amides is 3. The maximum absolute atomic E-state index is 12.1.